The largest absolute Gasteiger partial charge is 0.480 e. The van der Waals surface area contributed by atoms with Crippen molar-refractivity contribution in [2.75, 3.05) is 18.0 Å². The van der Waals surface area contributed by atoms with Crippen LogP contribution in [0.2, 0.25) is 0 Å². The summed E-state index contributed by atoms with van der Waals surface area (Å²) in [6.07, 6.45) is 2.16. The summed E-state index contributed by atoms with van der Waals surface area (Å²) in [6.45, 7) is 0.186. The van der Waals surface area contributed by atoms with Gasteiger partial charge in [0, 0.05) is 18.4 Å². The Morgan fingerprint density at radius 2 is 1.94 bits per heavy atom. The van der Waals surface area contributed by atoms with Gasteiger partial charge in [0.25, 0.3) is 5.91 Å². The summed E-state index contributed by atoms with van der Waals surface area (Å²) in [4.78, 5) is 33.9. The van der Waals surface area contributed by atoms with Crippen LogP contribution in [0, 0.1) is 5.82 Å². The highest BCUT2D eigenvalue weighted by atomic mass is 19.1. The molecular weight excluding hydrogens is 403 g/mol. The van der Waals surface area contributed by atoms with Crippen LogP contribution in [0.5, 0.6) is 5.88 Å². The number of nitrogens with one attached hydrogen (secondary N) is 1. The number of aromatic nitrogens is 2. The van der Waals surface area contributed by atoms with E-state index in [1.54, 1.807) is 12.1 Å². The first kappa shape index (κ1) is 20.3. The first-order chi connectivity index (χ1) is 15.0. The zero-order valence-electron chi connectivity index (χ0n) is 16.4. The summed E-state index contributed by atoms with van der Waals surface area (Å²) in [5.74, 6) is -1.82. The Balaban J connectivity index is 1.62. The summed E-state index contributed by atoms with van der Waals surface area (Å²) in [7, 11) is 0. The Bertz CT molecular complexity index is 1120. The van der Waals surface area contributed by atoms with E-state index in [2.05, 4.69) is 15.3 Å². The number of hydrogen-bond donors (Lipinski definition) is 2. The molecule has 0 radical (unpaired) electrons. The van der Waals surface area contributed by atoms with Crippen molar-refractivity contribution in [3.63, 3.8) is 0 Å². The van der Waals surface area contributed by atoms with Gasteiger partial charge < -0.3 is 20.1 Å². The Labute approximate surface area is 177 Å². The van der Waals surface area contributed by atoms with Gasteiger partial charge in [-0.15, -0.1) is 0 Å². The van der Waals surface area contributed by atoms with Crippen LogP contribution in [0.4, 0.5) is 16.0 Å². The lowest BCUT2D eigenvalue weighted by Crippen LogP contribution is -2.30. The van der Waals surface area contributed by atoms with Crippen molar-refractivity contribution in [3.05, 3.63) is 77.2 Å². The molecule has 158 valence electrons. The van der Waals surface area contributed by atoms with E-state index in [9.17, 15) is 14.0 Å². The number of aliphatic carboxylic acids is 1. The zero-order valence-corrected chi connectivity index (χ0v) is 16.4. The molecule has 1 aliphatic heterocycles. The third kappa shape index (κ3) is 4.61. The molecule has 0 aliphatic carbocycles. The minimum atomic E-state index is -1.17. The minimum Gasteiger partial charge on any atom is -0.480 e. The van der Waals surface area contributed by atoms with Crippen molar-refractivity contribution >= 4 is 23.5 Å². The normalized spacial score (nSPS) is 12.4. The maximum atomic E-state index is 13.1. The van der Waals surface area contributed by atoms with E-state index in [1.807, 2.05) is 29.2 Å². The first-order valence-corrected chi connectivity index (χ1v) is 9.61. The number of halogens is 1. The molecule has 0 spiro atoms. The molecule has 0 saturated heterocycles. The molecule has 0 atom stereocenters. The first-order valence-electron chi connectivity index (χ1n) is 9.61. The molecule has 2 aromatic carbocycles. The zero-order chi connectivity index (χ0) is 21.8. The number of fused-ring (bicyclic) bond motifs is 1. The van der Waals surface area contributed by atoms with E-state index >= 15 is 0 Å². The van der Waals surface area contributed by atoms with Crippen LogP contribution in [0.3, 0.4) is 0 Å². The Kier molecular flexibility index (Phi) is 5.74. The average Bonchev–Trinajstić information content (AvgIpc) is 3.21. The lowest BCUT2D eigenvalue weighted by molar-refractivity contribution is -0.135. The smallest absolute Gasteiger partial charge is 0.322 e. The number of hydrogen-bond acceptors (Lipinski definition) is 6. The molecule has 1 amide bonds. The van der Waals surface area contributed by atoms with Crippen molar-refractivity contribution in [1.82, 2.24) is 15.3 Å². The van der Waals surface area contributed by atoms with E-state index in [1.165, 1.54) is 23.9 Å². The van der Waals surface area contributed by atoms with Crippen molar-refractivity contribution in [2.45, 2.75) is 13.0 Å². The summed E-state index contributed by atoms with van der Waals surface area (Å²) in [5, 5.41) is 11.1. The van der Waals surface area contributed by atoms with Crippen LogP contribution in [-0.4, -0.2) is 40.0 Å². The molecule has 9 heteroatoms. The fourth-order valence-corrected chi connectivity index (χ4v) is 3.28. The molecule has 8 nitrogen and oxygen atoms in total. The number of carboxylic acids is 1. The van der Waals surface area contributed by atoms with Gasteiger partial charge in [0.1, 0.15) is 24.5 Å². The number of benzene rings is 2. The van der Waals surface area contributed by atoms with E-state index in [0.717, 1.165) is 12.1 Å². The van der Waals surface area contributed by atoms with Crippen LogP contribution in [0.1, 0.15) is 21.5 Å². The third-order valence-corrected chi connectivity index (χ3v) is 4.80. The van der Waals surface area contributed by atoms with Gasteiger partial charge >= 0.3 is 5.97 Å². The average molecular weight is 422 g/mol. The quantitative estimate of drug-likeness (QED) is 0.603. The Morgan fingerprint density at radius 3 is 2.71 bits per heavy atom. The van der Waals surface area contributed by atoms with Gasteiger partial charge in [-0.3, -0.25) is 9.59 Å². The molecule has 0 bridgehead atoms. The van der Waals surface area contributed by atoms with Crippen LogP contribution < -0.4 is 15.0 Å². The summed E-state index contributed by atoms with van der Waals surface area (Å²) < 4.78 is 18.9. The van der Waals surface area contributed by atoms with Gasteiger partial charge in [0.05, 0.1) is 0 Å². The topological polar surface area (TPSA) is 105 Å². The Morgan fingerprint density at radius 1 is 1.16 bits per heavy atom. The molecule has 4 rings (SSSR count). The fraction of sp³-hybridized carbons (Fsp3) is 0.182. The second-order valence-corrected chi connectivity index (χ2v) is 6.91. The predicted molar refractivity (Wildman–Crippen MR) is 110 cm³/mol. The van der Waals surface area contributed by atoms with E-state index < -0.39 is 18.4 Å². The molecule has 2 heterocycles. The third-order valence-electron chi connectivity index (χ3n) is 4.80. The summed E-state index contributed by atoms with van der Waals surface area (Å²) >= 11 is 0. The number of nitrogens with zero attached hydrogens (tertiary/aromatic N) is 3. The molecule has 2 N–H and O–H groups in total. The predicted octanol–water partition coefficient (Wildman–Crippen LogP) is 2.70. The second-order valence-electron chi connectivity index (χ2n) is 6.91. The maximum Gasteiger partial charge on any atom is 0.322 e. The SMILES string of the molecule is O=C(O)CNC(=O)c1cnc(N2CCc3ccccc32)nc1OCc1ccc(F)cc1. The van der Waals surface area contributed by atoms with E-state index in [-0.39, 0.29) is 23.9 Å². The number of carbonyl (C=O) groups is 2. The van der Waals surface area contributed by atoms with Gasteiger partial charge in [-0.25, -0.2) is 9.37 Å². The standard InChI is InChI=1S/C22H19FN4O4/c23-16-7-5-14(6-8-16)13-31-21-17(20(30)24-12-19(28)29)11-25-22(26-21)27-10-9-15-3-1-2-4-18(15)27/h1-8,11H,9-10,12-13H2,(H,24,30)(H,28,29). The number of carboxylic acid groups (broad SMARTS) is 1. The van der Waals surface area contributed by atoms with Gasteiger partial charge in [0.15, 0.2) is 0 Å². The number of para-hydroxylation sites is 1. The van der Waals surface area contributed by atoms with Gasteiger partial charge in [-0.05, 0) is 35.7 Å². The minimum absolute atomic E-state index is 0.0135. The van der Waals surface area contributed by atoms with Crippen molar-refractivity contribution in [1.29, 1.82) is 0 Å². The van der Waals surface area contributed by atoms with Crippen molar-refractivity contribution in [3.8, 4) is 5.88 Å². The number of rotatable bonds is 7. The lowest BCUT2D eigenvalue weighted by Gasteiger charge is -2.19. The summed E-state index contributed by atoms with van der Waals surface area (Å²) in [5.41, 5.74) is 2.85. The number of anilines is 2. The van der Waals surface area contributed by atoms with Crippen LogP contribution in [0.25, 0.3) is 0 Å². The molecule has 1 aromatic heterocycles. The van der Waals surface area contributed by atoms with E-state index in [4.69, 9.17) is 9.84 Å². The molecule has 31 heavy (non-hydrogen) atoms. The van der Waals surface area contributed by atoms with Crippen LogP contribution in [0.15, 0.2) is 54.7 Å². The lowest BCUT2D eigenvalue weighted by atomic mass is 10.2. The Hall–Kier alpha value is -4.01. The number of ether oxygens (including phenoxy) is 1. The monoisotopic (exact) mass is 422 g/mol. The number of amides is 1. The highest BCUT2D eigenvalue weighted by Gasteiger charge is 2.24. The second kappa shape index (κ2) is 8.78. The molecule has 0 fully saturated rings. The molecular formula is C22H19FN4O4. The molecule has 3 aromatic rings. The van der Waals surface area contributed by atoms with Crippen molar-refractivity contribution < 1.29 is 23.8 Å². The maximum absolute atomic E-state index is 13.1. The van der Waals surface area contributed by atoms with Gasteiger partial charge in [-0.2, -0.15) is 4.98 Å². The molecule has 0 saturated carbocycles. The molecule has 1 aliphatic rings. The van der Waals surface area contributed by atoms with Crippen LogP contribution >= 0.6 is 0 Å². The van der Waals surface area contributed by atoms with Crippen LogP contribution in [-0.2, 0) is 17.8 Å². The number of carbonyl (C=O) groups excluding carboxylic acids is 1. The summed E-state index contributed by atoms with van der Waals surface area (Å²) in [6, 6.07) is 13.7. The fourth-order valence-electron chi connectivity index (χ4n) is 3.28. The highest BCUT2D eigenvalue weighted by Crippen LogP contribution is 2.33. The molecule has 0 unspecified atom stereocenters. The van der Waals surface area contributed by atoms with E-state index in [0.29, 0.717) is 18.1 Å². The van der Waals surface area contributed by atoms with Gasteiger partial charge in [0.2, 0.25) is 11.8 Å². The van der Waals surface area contributed by atoms with Crippen molar-refractivity contribution in [2.24, 2.45) is 0 Å². The highest BCUT2D eigenvalue weighted by molar-refractivity contribution is 5.97. The van der Waals surface area contributed by atoms with Gasteiger partial charge in [-0.1, -0.05) is 30.3 Å².